The smallest absolute Gasteiger partial charge is 0.269 e. The molecule has 0 amide bonds. The lowest BCUT2D eigenvalue weighted by molar-refractivity contribution is 0.414. The van der Waals surface area contributed by atoms with Gasteiger partial charge in [0.1, 0.15) is 11.1 Å². The number of hydrogen-bond acceptors (Lipinski definition) is 5. The Morgan fingerprint density at radius 1 is 1.19 bits per heavy atom. The summed E-state index contributed by atoms with van der Waals surface area (Å²) in [6.45, 7) is 0. The third-order valence-corrected chi connectivity index (χ3v) is 5.45. The third-order valence-electron chi connectivity index (χ3n) is 4.10. The molecule has 27 heavy (non-hydrogen) atoms. The molecule has 0 atom stereocenters. The zero-order valence-electron chi connectivity index (χ0n) is 14.3. The molecule has 0 saturated carbocycles. The fourth-order valence-electron chi connectivity index (χ4n) is 2.69. The molecule has 8 heteroatoms. The Morgan fingerprint density at radius 2 is 1.96 bits per heavy atom. The second kappa shape index (κ2) is 7.46. The minimum atomic E-state index is -0.180. The number of nitrogens with zero attached hydrogens (tertiary/aromatic N) is 3. The number of aromatic amines is 1. The normalized spacial score (nSPS) is 11.0. The molecular formula is C19H15ClN4O2S. The Balaban J connectivity index is 1.80. The average molecular weight is 399 g/mol. The lowest BCUT2D eigenvalue weighted by atomic mass is 10.2. The van der Waals surface area contributed by atoms with Crippen molar-refractivity contribution in [2.45, 2.75) is 10.9 Å². The summed E-state index contributed by atoms with van der Waals surface area (Å²) in [6, 6.07) is 14.9. The van der Waals surface area contributed by atoms with E-state index >= 15 is 0 Å². The van der Waals surface area contributed by atoms with Crippen LogP contribution in [0.2, 0.25) is 5.02 Å². The Bertz CT molecular complexity index is 1150. The summed E-state index contributed by atoms with van der Waals surface area (Å²) in [4.78, 5) is 17.6. The van der Waals surface area contributed by atoms with Gasteiger partial charge in [0.05, 0.1) is 19.0 Å². The van der Waals surface area contributed by atoms with Crippen molar-refractivity contribution in [3.63, 3.8) is 0 Å². The van der Waals surface area contributed by atoms with Crippen molar-refractivity contribution in [1.29, 1.82) is 0 Å². The van der Waals surface area contributed by atoms with Crippen molar-refractivity contribution >= 4 is 34.4 Å². The number of thioether (sulfide) groups is 1. The van der Waals surface area contributed by atoms with Crippen LogP contribution in [0.15, 0.2) is 64.7 Å². The highest BCUT2D eigenvalue weighted by Crippen LogP contribution is 2.27. The molecule has 0 radical (unpaired) electrons. The van der Waals surface area contributed by atoms with Crippen LogP contribution in [-0.4, -0.2) is 26.9 Å². The largest absolute Gasteiger partial charge is 0.497 e. The molecular weight excluding hydrogens is 384 g/mol. The Hall–Kier alpha value is -2.77. The molecule has 0 fully saturated rings. The summed E-state index contributed by atoms with van der Waals surface area (Å²) in [5.41, 5.74) is 1.97. The number of halogens is 1. The molecule has 2 aromatic carbocycles. The standard InChI is InChI=1S/C19H15ClN4O2S/c1-26-14-8-6-13(7-9-14)24-18(25)15-10-21-23-17(15)22-19(24)27-11-12-4-2-3-5-16(12)20/h2-10H,11H2,1H3,(H,21,23). The summed E-state index contributed by atoms with van der Waals surface area (Å²) < 4.78 is 6.79. The quantitative estimate of drug-likeness (QED) is 0.405. The molecule has 0 saturated heterocycles. The van der Waals surface area contributed by atoms with Crippen molar-refractivity contribution in [1.82, 2.24) is 19.7 Å². The first kappa shape index (κ1) is 17.6. The van der Waals surface area contributed by atoms with E-state index in [1.54, 1.807) is 11.7 Å². The minimum absolute atomic E-state index is 0.180. The lowest BCUT2D eigenvalue weighted by Crippen LogP contribution is -2.21. The van der Waals surface area contributed by atoms with Gasteiger partial charge in [0.15, 0.2) is 10.8 Å². The van der Waals surface area contributed by atoms with E-state index in [0.717, 1.165) is 11.3 Å². The van der Waals surface area contributed by atoms with Gasteiger partial charge < -0.3 is 4.74 Å². The maximum atomic E-state index is 13.0. The SMILES string of the molecule is COc1ccc(-n2c(SCc3ccccc3Cl)nc3[nH]ncc3c2=O)cc1. The molecule has 0 aliphatic carbocycles. The van der Waals surface area contributed by atoms with Crippen LogP contribution in [0.4, 0.5) is 0 Å². The molecule has 6 nitrogen and oxygen atoms in total. The van der Waals surface area contributed by atoms with E-state index in [2.05, 4.69) is 15.2 Å². The van der Waals surface area contributed by atoms with Crippen LogP contribution >= 0.6 is 23.4 Å². The van der Waals surface area contributed by atoms with Crippen LogP contribution in [0.1, 0.15) is 5.56 Å². The van der Waals surface area contributed by atoms with Gasteiger partial charge in [-0.25, -0.2) is 4.98 Å². The van der Waals surface area contributed by atoms with Crippen LogP contribution in [0.5, 0.6) is 5.75 Å². The number of ether oxygens (including phenoxy) is 1. The number of H-pyrrole nitrogens is 1. The predicted octanol–water partition coefficient (Wildman–Crippen LogP) is 4.06. The van der Waals surface area contributed by atoms with Crippen LogP contribution in [0.25, 0.3) is 16.7 Å². The van der Waals surface area contributed by atoms with E-state index in [9.17, 15) is 4.79 Å². The number of hydrogen-bond donors (Lipinski definition) is 1. The highest BCUT2D eigenvalue weighted by Gasteiger charge is 2.15. The lowest BCUT2D eigenvalue weighted by Gasteiger charge is -2.12. The minimum Gasteiger partial charge on any atom is -0.497 e. The van der Waals surface area contributed by atoms with Gasteiger partial charge in [-0.15, -0.1) is 0 Å². The molecule has 0 aliphatic heterocycles. The van der Waals surface area contributed by atoms with Gasteiger partial charge in [0, 0.05) is 10.8 Å². The van der Waals surface area contributed by atoms with Crippen molar-refractivity contribution in [3.05, 3.63) is 75.7 Å². The van der Waals surface area contributed by atoms with E-state index in [1.165, 1.54) is 18.0 Å². The second-order valence-electron chi connectivity index (χ2n) is 5.75. The van der Waals surface area contributed by atoms with Crippen molar-refractivity contribution in [2.75, 3.05) is 7.11 Å². The van der Waals surface area contributed by atoms with Crippen LogP contribution in [0.3, 0.4) is 0 Å². The fraction of sp³-hybridized carbons (Fsp3) is 0.105. The Labute approximate surface area is 164 Å². The van der Waals surface area contributed by atoms with E-state index in [4.69, 9.17) is 16.3 Å². The number of benzene rings is 2. The van der Waals surface area contributed by atoms with Gasteiger partial charge >= 0.3 is 0 Å². The molecule has 2 heterocycles. The molecule has 4 aromatic rings. The van der Waals surface area contributed by atoms with E-state index in [0.29, 0.717) is 32.7 Å². The van der Waals surface area contributed by atoms with Crippen LogP contribution < -0.4 is 10.3 Å². The van der Waals surface area contributed by atoms with E-state index in [-0.39, 0.29) is 5.56 Å². The van der Waals surface area contributed by atoms with Gasteiger partial charge in [-0.1, -0.05) is 41.6 Å². The third kappa shape index (κ3) is 3.43. The summed E-state index contributed by atoms with van der Waals surface area (Å²) in [7, 11) is 1.60. The average Bonchev–Trinajstić information content (AvgIpc) is 3.17. The van der Waals surface area contributed by atoms with Gasteiger partial charge in [0.2, 0.25) is 0 Å². The molecule has 2 aromatic heterocycles. The predicted molar refractivity (Wildman–Crippen MR) is 107 cm³/mol. The van der Waals surface area contributed by atoms with Crippen molar-refractivity contribution in [3.8, 4) is 11.4 Å². The van der Waals surface area contributed by atoms with Gasteiger partial charge in [-0.3, -0.25) is 14.5 Å². The highest BCUT2D eigenvalue weighted by molar-refractivity contribution is 7.98. The van der Waals surface area contributed by atoms with Gasteiger partial charge in [-0.2, -0.15) is 5.10 Å². The molecule has 0 unspecified atom stereocenters. The van der Waals surface area contributed by atoms with Crippen LogP contribution in [-0.2, 0) is 5.75 Å². The molecule has 1 N–H and O–H groups in total. The maximum Gasteiger partial charge on any atom is 0.269 e. The first-order valence-corrected chi connectivity index (χ1v) is 9.50. The zero-order valence-corrected chi connectivity index (χ0v) is 15.9. The van der Waals surface area contributed by atoms with Gasteiger partial charge in [-0.05, 0) is 35.9 Å². The Kier molecular flexibility index (Phi) is 4.87. The first-order valence-electron chi connectivity index (χ1n) is 8.14. The van der Waals surface area contributed by atoms with E-state index < -0.39 is 0 Å². The molecule has 0 bridgehead atoms. The number of methoxy groups -OCH3 is 1. The van der Waals surface area contributed by atoms with Gasteiger partial charge in [0.25, 0.3) is 5.56 Å². The summed E-state index contributed by atoms with van der Waals surface area (Å²) in [6.07, 6.45) is 1.49. The molecule has 4 rings (SSSR count). The number of rotatable bonds is 5. The highest BCUT2D eigenvalue weighted by atomic mass is 35.5. The second-order valence-corrected chi connectivity index (χ2v) is 7.10. The number of nitrogens with one attached hydrogen (secondary N) is 1. The fourth-order valence-corrected chi connectivity index (χ4v) is 3.98. The monoisotopic (exact) mass is 398 g/mol. The molecule has 0 spiro atoms. The van der Waals surface area contributed by atoms with Crippen molar-refractivity contribution < 1.29 is 4.74 Å². The summed E-state index contributed by atoms with van der Waals surface area (Å²) in [5.74, 6) is 1.30. The summed E-state index contributed by atoms with van der Waals surface area (Å²) >= 11 is 7.70. The molecule has 0 aliphatic rings. The van der Waals surface area contributed by atoms with Crippen molar-refractivity contribution in [2.24, 2.45) is 0 Å². The van der Waals surface area contributed by atoms with E-state index in [1.807, 2.05) is 48.5 Å². The number of fused-ring (bicyclic) bond motifs is 1. The van der Waals surface area contributed by atoms with Crippen LogP contribution in [0, 0.1) is 0 Å². The summed E-state index contributed by atoms with van der Waals surface area (Å²) in [5, 5.41) is 8.40. The Morgan fingerprint density at radius 3 is 2.70 bits per heavy atom. The molecule has 136 valence electrons. The zero-order chi connectivity index (χ0) is 18.8. The number of aromatic nitrogens is 4. The maximum absolute atomic E-state index is 13.0. The topological polar surface area (TPSA) is 72.8 Å². The first-order chi connectivity index (χ1) is 13.2.